The Bertz CT molecular complexity index is 888. The van der Waals surface area contributed by atoms with Crippen molar-refractivity contribution in [2.75, 3.05) is 33.7 Å². The fraction of sp³-hybridized carbons (Fsp3) is 0.318. The number of hydrogen-bond acceptors (Lipinski definition) is 3. The van der Waals surface area contributed by atoms with E-state index in [0.717, 1.165) is 5.56 Å². The van der Waals surface area contributed by atoms with Gasteiger partial charge in [-0.15, -0.1) is 24.0 Å². The molecule has 2 aromatic rings. The van der Waals surface area contributed by atoms with Crippen LogP contribution in [0.3, 0.4) is 0 Å². The summed E-state index contributed by atoms with van der Waals surface area (Å²) in [5.41, 5.74) is 2.09. The Morgan fingerprint density at radius 1 is 0.968 bits per heavy atom. The first-order chi connectivity index (χ1) is 14.4. The summed E-state index contributed by atoms with van der Waals surface area (Å²) < 4.78 is 0. The first-order valence-electron chi connectivity index (χ1n) is 9.78. The van der Waals surface area contributed by atoms with Crippen molar-refractivity contribution in [3.8, 4) is 0 Å². The van der Waals surface area contributed by atoms with Crippen LogP contribution in [0.5, 0.6) is 0 Å². The fourth-order valence-corrected chi connectivity index (χ4v) is 2.84. The number of aliphatic imine (C=N–C) groups is 1. The second kappa shape index (κ2) is 13.9. The van der Waals surface area contributed by atoms with Gasteiger partial charge in [0, 0.05) is 39.3 Å². The van der Waals surface area contributed by atoms with Crippen molar-refractivity contribution in [1.29, 1.82) is 0 Å². The molecule has 31 heavy (non-hydrogen) atoms. The molecule has 0 fully saturated rings. The molecule has 168 valence electrons. The van der Waals surface area contributed by atoms with E-state index in [4.69, 9.17) is 11.6 Å². The molecule has 0 saturated carbocycles. The van der Waals surface area contributed by atoms with Gasteiger partial charge >= 0.3 is 0 Å². The van der Waals surface area contributed by atoms with Crippen LogP contribution < -0.4 is 16.0 Å². The van der Waals surface area contributed by atoms with Crippen LogP contribution in [0.25, 0.3) is 0 Å². The average molecular weight is 558 g/mol. The van der Waals surface area contributed by atoms with E-state index in [-0.39, 0.29) is 35.8 Å². The summed E-state index contributed by atoms with van der Waals surface area (Å²) in [5.74, 6) is 0.411. The smallest absolute Gasteiger partial charge is 0.253 e. The monoisotopic (exact) mass is 557 g/mol. The van der Waals surface area contributed by atoms with Crippen LogP contribution in [0, 0.1) is 0 Å². The predicted molar refractivity (Wildman–Crippen MR) is 136 cm³/mol. The first kappa shape index (κ1) is 26.7. The van der Waals surface area contributed by atoms with Gasteiger partial charge in [0.05, 0.1) is 17.1 Å². The van der Waals surface area contributed by atoms with Crippen LogP contribution in [0.1, 0.15) is 33.2 Å². The van der Waals surface area contributed by atoms with Crippen molar-refractivity contribution in [3.05, 3.63) is 70.2 Å². The Hall–Kier alpha value is -2.33. The molecule has 9 heteroatoms. The summed E-state index contributed by atoms with van der Waals surface area (Å²) in [6.45, 7) is 4.11. The Balaban J connectivity index is 0.00000480. The number of benzene rings is 2. The van der Waals surface area contributed by atoms with Gasteiger partial charge in [-0.2, -0.15) is 0 Å². The third-order valence-electron chi connectivity index (χ3n) is 4.19. The lowest BCUT2D eigenvalue weighted by Crippen LogP contribution is -2.41. The lowest BCUT2D eigenvalue weighted by Gasteiger charge is -2.12. The SMILES string of the molecule is CCNC(=NCc1ccc(C(=O)N(C)C)cc1)NCCNC(=O)c1ccccc1Cl.I. The van der Waals surface area contributed by atoms with Crippen LogP contribution in [-0.2, 0) is 6.54 Å². The molecule has 0 radical (unpaired) electrons. The molecule has 2 amide bonds. The van der Waals surface area contributed by atoms with Crippen LogP contribution >= 0.6 is 35.6 Å². The lowest BCUT2D eigenvalue weighted by atomic mass is 10.1. The highest BCUT2D eigenvalue weighted by atomic mass is 127. The van der Waals surface area contributed by atoms with E-state index in [1.165, 1.54) is 0 Å². The Morgan fingerprint density at radius 3 is 2.23 bits per heavy atom. The number of rotatable bonds is 8. The second-order valence-electron chi connectivity index (χ2n) is 6.75. The number of carbonyl (C=O) groups excluding carboxylic acids is 2. The molecule has 0 bridgehead atoms. The maximum atomic E-state index is 12.2. The summed E-state index contributed by atoms with van der Waals surface area (Å²) in [6, 6.07) is 14.3. The van der Waals surface area contributed by atoms with Gasteiger partial charge in [0.2, 0.25) is 0 Å². The minimum absolute atomic E-state index is 0. The van der Waals surface area contributed by atoms with Gasteiger partial charge in [-0.05, 0) is 36.8 Å². The molecule has 0 spiro atoms. The second-order valence-corrected chi connectivity index (χ2v) is 7.16. The number of hydrogen-bond donors (Lipinski definition) is 3. The molecule has 0 atom stereocenters. The predicted octanol–water partition coefficient (Wildman–Crippen LogP) is 3.14. The van der Waals surface area contributed by atoms with Gasteiger partial charge in [-0.3, -0.25) is 9.59 Å². The maximum Gasteiger partial charge on any atom is 0.253 e. The Morgan fingerprint density at radius 2 is 1.61 bits per heavy atom. The summed E-state index contributed by atoms with van der Waals surface area (Å²) in [5, 5.41) is 9.62. The minimum Gasteiger partial charge on any atom is -0.357 e. The van der Waals surface area contributed by atoms with E-state index in [1.54, 1.807) is 55.4 Å². The molecule has 0 aliphatic rings. The molecular weight excluding hydrogens is 529 g/mol. The van der Waals surface area contributed by atoms with E-state index in [2.05, 4.69) is 20.9 Å². The Kier molecular flexibility index (Phi) is 11.9. The zero-order valence-corrected chi connectivity index (χ0v) is 21.0. The van der Waals surface area contributed by atoms with Gasteiger partial charge in [-0.1, -0.05) is 35.9 Å². The number of nitrogens with zero attached hydrogens (tertiary/aromatic N) is 2. The molecule has 0 saturated heterocycles. The van der Waals surface area contributed by atoms with Crippen molar-refractivity contribution in [3.63, 3.8) is 0 Å². The highest BCUT2D eigenvalue weighted by Gasteiger charge is 2.09. The Labute approximate surface area is 205 Å². The molecular formula is C22H29ClIN5O2. The van der Waals surface area contributed by atoms with E-state index in [0.29, 0.717) is 48.3 Å². The van der Waals surface area contributed by atoms with Gasteiger partial charge in [-0.25, -0.2) is 4.99 Å². The molecule has 3 N–H and O–H groups in total. The standard InChI is InChI=1S/C22H28ClN5O2.HI/c1-4-24-22(26-14-13-25-20(29)18-7-5-6-8-19(18)23)27-15-16-9-11-17(12-10-16)21(30)28(2)3;/h5-12H,4,13-15H2,1-3H3,(H,25,29)(H2,24,26,27);1H. The number of halogens is 2. The number of amides is 2. The normalized spacial score (nSPS) is 10.6. The van der Waals surface area contributed by atoms with Crippen LogP contribution in [0.15, 0.2) is 53.5 Å². The topological polar surface area (TPSA) is 85.8 Å². The van der Waals surface area contributed by atoms with E-state index >= 15 is 0 Å². The molecule has 0 aliphatic heterocycles. The van der Waals surface area contributed by atoms with Crippen LogP contribution in [-0.4, -0.2) is 56.4 Å². The third kappa shape index (κ3) is 8.74. The molecule has 0 aromatic heterocycles. The van der Waals surface area contributed by atoms with E-state index in [1.807, 2.05) is 19.1 Å². The summed E-state index contributed by atoms with van der Waals surface area (Å²) in [6.07, 6.45) is 0. The van der Waals surface area contributed by atoms with Crippen LogP contribution in [0.4, 0.5) is 0 Å². The molecule has 2 aromatic carbocycles. The molecule has 0 heterocycles. The van der Waals surface area contributed by atoms with Crippen molar-refractivity contribution in [2.45, 2.75) is 13.5 Å². The zero-order chi connectivity index (χ0) is 21.9. The quantitative estimate of drug-likeness (QED) is 0.202. The molecule has 2 rings (SSSR count). The van der Waals surface area contributed by atoms with E-state index < -0.39 is 0 Å². The molecule has 0 unspecified atom stereocenters. The highest BCUT2D eigenvalue weighted by molar-refractivity contribution is 14.0. The highest BCUT2D eigenvalue weighted by Crippen LogP contribution is 2.14. The van der Waals surface area contributed by atoms with Gasteiger partial charge in [0.15, 0.2) is 5.96 Å². The molecule has 0 aliphatic carbocycles. The van der Waals surface area contributed by atoms with Crippen LogP contribution in [0.2, 0.25) is 5.02 Å². The average Bonchev–Trinajstić information content (AvgIpc) is 2.74. The summed E-state index contributed by atoms with van der Waals surface area (Å²) in [7, 11) is 3.46. The summed E-state index contributed by atoms with van der Waals surface area (Å²) >= 11 is 6.04. The zero-order valence-electron chi connectivity index (χ0n) is 17.9. The lowest BCUT2D eigenvalue weighted by molar-refractivity contribution is 0.0827. The number of guanidine groups is 1. The van der Waals surface area contributed by atoms with E-state index in [9.17, 15) is 9.59 Å². The number of carbonyl (C=O) groups is 2. The first-order valence-corrected chi connectivity index (χ1v) is 10.2. The minimum atomic E-state index is -0.211. The van der Waals surface area contributed by atoms with Gasteiger partial charge in [0.25, 0.3) is 11.8 Å². The largest absolute Gasteiger partial charge is 0.357 e. The van der Waals surface area contributed by atoms with Gasteiger partial charge in [0.1, 0.15) is 0 Å². The third-order valence-corrected chi connectivity index (χ3v) is 4.52. The molecule has 7 nitrogen and oxygen atoms in total. The fourth-order valence-electron chi connectivity index (χ4n) is 2.62. The summed E-state index contributed by atoms with van der Waals surface area (Å²) in [4.78, 5) is 30.2. The van der Waals surface area contributed by atoms with Crippen molar-refractivity contribution in [2.24, 2.45) is 4.99 Å². The van der Waals surface area contributed by atoms with Crippen molar-refractivity contribution in [1.82, 2.24) is 20.9 Å². The van der Waals surface area contributed by atoms with Crippen molar-refractivity contribution >= 4 is 53.4 Å². The maximum absolute atomic E-state index is 12.2. The number of nitrogens with one attached hydrogen (secondary N) is 3. The van der Waals surface area contributed by atoms with Crippen molar-refractivity contribution < 1.29 is 9.59 Å². The van der Waals surface area contributed by atoms with Gasteiger partial charge < -0.3 is 20.9 Å².